The van der Waals surface area contributed by atoms with E-state index in [1.165, 1.54) is 12.8 Å². The van der Waals surface area contributed by atoms with Crippen molar-refractivity contribution in [1.29, 1.82) is 0 Å². The molecule has 0 aromatic rings. The van der Waals surface area contributed by atoms with Crippen LogP contribution in [0.15, 0.2) is 0 Å². The van der Waals surface area contributed by atoms with Gasteiger partial charge in [-0.1, -0.05) is 0 Å². The number of fused-ring (bicyclic) bond motifs is 3. The van der Waals surface area contributed by atoms with Gasteiger partial charge in [0.1, 0.15) is 0 Å². The molecule has 0 aromatic heterocycles. The Hall–Kier alpha value is -0.610. The van der Waals surface area contributed by atoms with Crippen molar-refractivity contribution >= 4 is 5.97 Å². The summed E-state index contributed by atoms with van der Waals surface area (Å²) in [6.45, 7) is 4.84. The summed E-state index contributed by atoms with van der Waals surface area (Å²) in [6, 6.07) is 1.14. The number of hydrogen-bond acceptors (Lipinski definition) is 4. The van der Waals surface area contributed by atoms with Crippen molar-refractivity contribution in [2.24, 2.45) is 0 Å². The van der Waals surface area contributed by atoms with Gasteiger partial charge in [-0.05, 0) is 19.8 Å². The van der Waals surface area contributed by atoms with Gasteiger partial charge in [-0.15, -0.1) is 0 Å². The molecule has 1 N–H and O–H groups in total. The molecule has 2 bridgehead atoms. The first-order chi connectivity index (χ1) is 6.79. The van der Waals surface area contributed by atoms with Gasteiger partial charge in [-0.25, -0.2) is 0 Å². The highest BCUT2D eigenvalue weighted by Crippen LogP contribution is 2.21. The summed E-state index contributed by atoms with van der Waals surface area (Å²) in [5, 5.41) is 3.46. The second-order valence-corrected chi connectivity index (χ2v) is 4.07. The molecule has 0 spiro atoms. The van der Waals surface area contributed by atoms with Crippen molar-refractivity contribution in [3.8, 4) is 0 Å². The summed E-state index contributed by atoms with van der Waals surface area (Å²) in [4.78, 5) is 13.6. The first kappa shape index (κ1) is 9.93. The standard InChI is InChI=1S/C10H18N2O2/c1-2-14-10(13)7-12-6-8-3-4-9(12)5-11-8/h8-9,11H,2-7H2,1H3. The monoisotopic (exact) mass is 198 g/mol. The Bertz CT molecular complexity index is 212. The molecule has 80 valence electrons. The van der Waals surface area contributed by atoms with Crippen LogP contribution in [0.2, 0.25) is 0 Å². The summed E-state index contributed by atoms with van der Waals surface area (Å²) in [5.41, 5.74) is 0. The molecule has 0 saturated carbocycles. The number of nitrogens with zero attached hydrogens (tertiary/aromatic N) is 1. The first-order valence-electron chi connectivity index (χ1n) is 5.42. The molecule has 0 aliphatic carbocycles. The molecule has 2 unspecified atom stereocenters. The molecule has 3 rings (SSSR count). The molecule has 3 aliphatic heterocycles. The van der Waals surface area contributed by atoms with E-state index in [0.29, 0.717) is 25.2 Å². The van der Waals surface area contributed by atoms with Crippen LogP contribution in [0.5, 0.6) is 0 Å². The Balaban J connectivity index is 1.83. The van der Waals surface area contributed by atoms with Crippen LogP contribution in [0.25, 0.3) is 0 Å². The molecule has 2 atom stereocenters. The maximum Gasteiger partial charge on any atom is 0.320 e. The minimum absolute atomic E-state index is 0.0833. The van der Waals surface area contributed by atoms with Gasteiger partial charge >= 0.3 is 5.97 Å². The largest absolute Gasteiger partial charge is 0.465 e. The molecule has 3 aliphatic rings. The van der Waals surface area contributed by atoms with Crippen molar-refractivity contribution in [3.05, 3.63) is 0 Å². The zero-order valence-electron chi connectivity index (χ0n) is 8.66. The van der Waals surface area contributed by atoms with Crippen LogP contribution in [0.4, 0.5) is 0 Å². The maximum atomic E-state index is 11.3. The zero-order chi connectivity index (χ0) is 9.97. The predicted molar refractivity (Wildman–Crippen MR) is 53.0 cm³/mol. The topological polar surface area (TPSA) is 41.6 Å². The summed E-state index contributed by atoms with van der Waals surface area (Å²) in [5.74, 6) is -0.0833. The van der Waals surface area contributed by atoms with Crippen LogP contribution in [0.1, 0.15) is 19.8 Å². The van der Waals surface area contributed by atoms with E-state index in [1.54, 1.807) is 0 Å². The lowest BCUT2D eigenvalue weighted by Crippen LogP contribution is -2.61. The van der Waals surface area contributed by atoms with Gasteiger partial charge in [0.25, 0.3) is 0 Å². The van der Waals surface area contributed by atoms with Crippen LogP contribution in [-0.4, -0.2) is 49.2 Å². The quantitative estimate of drug-likeness (QED) is 0.647. The number of ether oxygens (including phenoxy) is 1. The zero-order valence-corrected chi connectivity index (χ0v) is 8.66. The Morgan fingerprint density at radius 2 is 2.43 bits per heavy atom. The lowest BCUT2D eigenvalue weighted by molar-refractivity contribution is -0.146. The van der Waals surface area contributed by atoms with E-state index < -0.39 is 0 Å². The third-order valence-corrected chi connectivity index (χ3v) is 3.10. The molecule has 4 nitrogen and oxygen atoms in total. The van der Waals surface area contributed by atoms with E-state index >= 15 is 0 Å². The summed E-state index contributed by atoms with van der Waals surface area (Å²) in [7, 11) is 0. The Morgan fingerprint density at radius 1 is 1.57 bits per heavy atom. The number of carbonyl (C=O) groups is 1. The van der Waals surface area contributed by atoms with E-state index in [0.717, 1.165) is 13.1 Å². The SMILES string of the molecule is CCOC(=O)CN1CC2CCC1CN2. The van der Waals surface area contributed by atoms with Crippen LogP contribution in [0, 0.1) is 0 Å². The number of nitrogens with one attached hydrogen (secondary N) is 1. The number of rotatable bonds is 3. The van der Waals surface area contributed by atoms with Crippen molar-refractivity contribution in [2.45, 2.75) is 31.8 Å². The minimum Gasteiger partial charge on any atom is -0.465 e. The molecule has 0 amide bonds. The fourth-order valence-electron chi connectivity index (χ4n) is 2.37. The van der Waals surface area contributed by atoms with E-state index in [9.17, 15) is 4.79 Å². The van der Waals surface area contributed by atoms with Gasteiger partial charge in [0.15, 0.2) is 0 Å². The van der Waals surface area contributed by atoms with Crippen molar-refractivity contribution in [1.82, 2.24) is 10.2 Å². The fourth-order valence-corrected chi connectivity index (χ4v) is 2.37. The molecular weight excluding hydrogens is 180 g/mol. The average Bonchev–Trinajstić information content (AvgIpc) is 2.19. The number of piperidine rings is 2. The lowest BCUT2D eigenvalue weighted by atomic mass is 9.93. The third-order valence-electron chi connectivity index (χ3n) is 3.10. The van der Waals surface area contributed by atoms with E-state index in [2.05, 4.69) is 10.2 Å². The molecule has 4 heteroatoms. The molecule has 3 heterocycles. The smallest absolute Gasteiger partial charge is 0.320 e. The van der Waals surface area contributed by atoms with Gasteiger partial charge in [-0.3, -0.25) is 9.69 Å². The average molecular weight is 198 g/mol. The van der Waals surface area contributed by atoms with Gasteiger partial charge in [0, 0.05) is 25.2 Å². The van der Waals surface area contributed by atoms with Crippen LogP contribution >= 0.6 is 0 Å². The highest BCUT2D eigenvalue weighted by molar-refractivity contribution is 5.71. The van der Waals surface area contributed by atoms with E-state index in [1.807, 2.05) is 6.92 Å². The normalized spacial score (nSPS) is 31.8. The fraction of sp³-hybridized carbons (Fsp3) is 0.900. The van der Waals surface area contributed by atoms with E-state index in [-0.39, 0.29) is 5.97 Å². The molecule has 3 fully saturated rings. The second-order valence-electron chi connectivity index (χ2n) is 4.07. The third kappa shape index (κ3) is 2.07. The minimum atomic E-state index is -0.0833. The van der Waals surface area contributed by atoms with Gasteiger partial charge < -0.3 is 10.1 Å². The summed E-state index contributed by atoms with van der Waals surface area (Å²) < 4.78 is 4.95. The van der Waals surface area contributed by atoms with Crippen LogP contribution in [0.3, 0.4) is 0 Å². The first-order valence-corrected chi connectivity index (χ1v) is 5.42. The number of hydrogen-bond donors (Lipinski definition) is 1. The van der Waals surface area contributed by atoms with Gasteiger partial charge in [-0.2, -0.15) is 0 Å². The molecule has 0 radical (unpaired) electrons. The number of piperazine rings is 1. The summed E-state index contributed by atoms with van der Waals surface area (Å²) in [6.07, 6.45) is 2.47. The van der Waals surface area contributed by atoms with Gasteiger partial charge in [0.2, 0.25) is 0 Å². The molecule has 3 saturated heterocycles. The number of esters is 1. The Kier molecular flexibility index (Phi) is 3.03. The van der Waals surface area contributed by atoms with Crippen molar-refractivity contribution in [2.75, 3.05) is 26.2 Å². The summed E-state index contributed by atoms with van der Waals surface area (Å²) >= 11 is 0. The predicted octanol–water partition coefficient (Wildman–Crippen LogP) is -0.0143. The Morgan fingerprint density at radius 3 is 2.93 bits per heavy atom. The highest BCUT2D eigenvalue weighted by Gasteiger charge is 2.34. The van der Waals surface area contributed by atoms with Gasteiger partial charge in [0.05, 0.1) is 13.2 Å². The van der Waals surface area contributed by atoms with Crippen molar-refractivity contribution in [3.63, 3.8) is 0 Å². The second kappa shape index (κ2) is 4.28. The van der Waals surface area contributed by atoms with Crippen molar-refractivity contribution < 1.29 is 9.53 Å². The molecular formula is C10H18N2O2. The van der Waals surface area contributed by atoms with Crippen LogP contribution < -0.4 is 5.32 Å². The highest BCUT2D eigenvalue weighted by atomic mass is 16.5. The molecule has 14 heavy (non-hydrogen) atoms. The lowest BCUT2D eigenvalue weighted by Gasteiger charge is -2.45. The number of carbonyl (C=O) groups excluding carboxylic acids is 1. The maximum absolute atomic E-state index is 11.3. The van der Waals surface area contributed by atoms with Crippen LogP contribution in [-0.2, 0) is 9.53 Å². The molecule has 0 aromatic carbocycles. The van der Waals surface area contributed by atoms with E-state index in [4.69, 9.17) is 4.74 Å². The Labute approximate surface area is 84.6 Å².